The van der Waals surface area contributed by atoms with Crippen molar-refractivity contribution in [2.75, 3.05) is 10.6 Å². The number of hydrogen-bond acceptors (Lipinski definition) is 5. The molecule has 2 aromatic heterocycles. The predicted molar refractivity (Wildman–Crippen MR) is 106 cm³/mol. The molecular weight excluding hydrogens is 322 g/mol. The van der Waals surface area contributed by atoms with Crippen molar-refractivity contribution in [2.24, 2.45) is 0 Å². The summed E-state index contributed by atoms with van der Waals surface area (Å²) in [6.45, 7) is 6.36. The van der Waals surface area contributed by atoms with Gasteiger partial charge in [0.05, 0.1) is 5.69 Å². The van der Waals surface area contributed by atoms with Crippen molar-refractivity contribution in [3.8, 4) is 11.3 Å². The summed E-state index contributed by atoms with van der Waals surface area (Å²) in [4.78, 5) is 13.6. The molecule has 132 valence electrons. The molecule has 2 N–H and O–H groups in total. The molecule has 0 atom stereocenters. The van der Waals surface area contributed by atoms with Gasteiger partial charge < -0.3 is 10.6 Å². The van der Waals surface area contributed by atoms with Gasteiger partial charge in [0.15, 0.2) is 0 Å². The Morgan fingerprint density at radius 2 is 1.77 bits per heavy atom. The smallest absolute Gasteiger partial charge is 0.225 e. The van der Waals surface area contributed by atoms with Gasteiger partial charge in [0.1, 0.15) is 5.82 Å². The van der Waals surface area contributed by atoms with Crippen LogP contribution in [0.5, 0.6) is 0 Å². The Morgan fingerprint density at radius 1 is 1.00 bits per heavy atom. The zero-order valence-corrected chi connectivity index (χ0v) is 15.4. The summed E-state index contributed by atoms with van der Waals surface area (Å²) in [5, 5.41) is 6.91. The molecule has 1 aliphatic carbocycles. The van der Waals surface area contributed by atoms with Gasteiger partial charge in [-0.1, -0.05) is 17.7 Å². The van der Waals surface area contributed by atoms with Crippen LogP contribution in [0.3, 0.4) is 0 Å². The predicted octanol–water partition coefficient (Wildman–Crippen LogP) is 4.78. The number of aromatic nitrogens is 3. The Morgan fingerprint density at radius 3 is 2.42 bits per heavy atom. The summed E-state index contributed by atoms with van der Waals surface area (Å²) < 4.78 is 0. The second kappa shape index (κ2) is 6.75. The SMILES string of the molecule is Cc1cc(C)c(Nc2cc(-c3cccnc3)nc(NC3CC3)n2)c(C)c1. The molecule has 0 spiro atoms. The lowest BCUT2D eigenvalue weighted by atomic mass is 10.1. The highest BCUT2D eigenvalue weighted by atomic mass is 15.2. The lowest BCUT2D eigenvalue weighted by Gasteiger charge is -2.15. The van der Waals surface area contributed by atoms with Crippen LogP contribution in [-0.2, 0) is 0 Å². The highest BCUT2D eigenvalue weighted by Gasteiger charge is 2.22. The van der Waals surface area contributed by atoms with Crippen molar-refractivity contribution in [1.82, 2.24) is 15.0 Å². The van der Waals surface area contributed by atoms with Crippen LogP contribution in [0.2, 0.25) is 0 Å². The van der Waals surface area contributed by atoms with Gasteiger partial charge in [0.2, 0.25) is 5.95 Å². The average molecular weight is 345 g/mol. The number of nitrogens with zero attached hydrogens (tertiary/aromatic N) is 3. The topological polar surface area (TPSA) is 62.7 Å². The van der Waals surface area contributed by atoms with Crippen LogP contribution in [0, 0.1) is 20.8 Å². The molecule has 1 saturated carbocycles. The first kappa shape index (κ1) is 16.5. The van der Waals surface area contributed by atoms with E-state index in [2.05, 4.69) is 58.5 Å². The van der Waals surface area contributed by atoms with Gasteiger partial charge in [0.25, 0.3) is 0 Å². The van der Waals surface area contributed by atoms with E-state index in [1.165, 1.54) is 29.5 Å². The van der Waals surface area contributed by atoms with E-state index in [0.717, 1.165) is 22.8 Å². The summed E-state index contributed by atoms with van der Waals surface area (Å²) in [5.41, 5.74) is 6.63. The van der Waals surface area contributed by atoms with Crippen LogP contribution in [0.1, 0.15) is 29.5 Å². The Balaban J connectivity index is 1.73. The minimum atomic E-state index is 0.495. The second-order valence-electron chi connectivity index (χ2n) is 7.02. The number of nitrogens with one attached hydrogen (secondary N) is 2. The lowest BCUT2D eigenvalue weighted by Crippen LogP contribution is -2.08. The molecule has 1 fully saturated rings. The fourth-order valence-corrected chi connectivity index (χ4v) is 3.15. The first-order valence-electron chi connectivity index (χ1n) is 8.99. The van der Waals surface area contributed by atoms with Crippen molar-refractivity contribution in [3.05, 3.63) is 59.4 Å². The molecule has 5 nitrogen and oxygen atoms in total. The summed E-state index contributed by atoms with van der Waals surface area (Å²) in [5.74, 6) is 1.45. The maximum atomic E-state index is 4.69. The van der Waals surface area contributed by atoms with E-state index in [4.69, 9.17) is 0 Å². The molecule has 1 aromatic carbocycles. The van der Waals surface area contributed by atoms with Crippen LogP contribution in [0.25, 0.3) is 11.3 Å². The minimum absolute atomic E-state index is 0.495. The van der Waals surface area contributed by atoms with Gasteiger partial charge in [-0.25, -0.2) is 4.98 Å². The molecule has 5 heteroatoms. The van der Waals surface area contributed by atoms with Crippen LogP contribution in [0.4, 0.5) is 17.5 Å². The lowest BCUT2D eigenvalue weighted by molar-refractivity contribution is 1.06. The maximum absolute atomic E-state index is 4.69. The first-order chi connectivity index (χ1) is 12.6. The number of rotatable bonds is 5. The van der Waals surface area contributed by atoms with E-state index < -0.39 is 0 Å². The van der Waals surface area contributed by atoms with Crippen molar-refractivity contribution >= 4 is 17.5 Å². The van der Waals surface area contributed by atoms with Crippen LogP contribution >= 0.6 is 0 Å². The van der Waals surface area contributed by atoms with E-state index in [-0.39, 0.29) is 0 Å². The molecule has 0 radical (unpaired) electrons. The summed E-state index contributed by atoms with van der Waals surface area (Å²) in [6.07, 6.45) is 5.96. The van der Waals surface area contributed by atoms with Gasteiger partial charge in [-0.3, -0.25) is 4.98 Å². The molecule has 3 aromatic rings. The Kier molecular flexibility index (Phi) is 4.29. The fraction of sp³-hybridized carbons (Fsp3) is 0.286. The number of hydrogen-bond donors (Lipinski definition) is 2. The van der Waals surface area contributed by atoms with Gasteiger partial charge in [-0.15, -0.1) is 0 Å². The van der Waals surface area contributed by atoms with Gasteiger partial charge >= 0.3 is 0 Å². The van der Waals surface area contributed by atoms with Gasteiger partial charge in [-0.2, -0.15) is 4.98 Å². The number of pyridine rings is 1. The number of anilines is 3. The van der Waals surface area contributed by atoms with E-state index in [1.54, 1.807) is 6.20 Å². The first-order valence-corrected chi connectivity index (χ1v) is 8.99. The highest BCUT2D eigenvalue weighted by molar-refractivity contribution is 5.70. The van der Waals surface area contributed by atoms with Crippen molar-refractivity contribution < 1.29 is 0 Å². The van der Waals surface area contributed by atoms with E-state index >= 15 is 0 Å². The third-order valence-corrected chi connectivity index (χ3v) is 4.52. The van der Waals surface area contributed by atoms with E-state index in [9.17, 15) is 0 Å². The monoisotopic (exact) mass is 345 g/mol. The normalized spacial score (nSPS) is 13.5. The summed E-state index contributed by atoms with van der Waals surface area (Å²) in [6, 6.07) is 10.8. The molecule has 26 heavy (non-hydrogen) atoms. The van der Waals surface area contributed by atoms with E-state index in [1.807, 2.05) is 24.4 Å². The van der Waals surface area contributed by atoms with Crippen molar-refractivity contribution in [1.29, 1.82) is 0 Å². The van der Waals surface area contributed by atoms with Gasteiger partial charge in [0, 0.05) is 35.8 Å². The molecule has 0 amide bonds. The third kappa shape index (κ3) is 3.67. The number of benzene rings is 1. The van der Waals surface area contributed by atoms with Gasteiger partial charge in [-0.05, 0) is 56.9 Å². The van der Waals surface area contributed by atoms with E-state index in [0.29, 0.717) is 12.0 Å². The molecular formula is C21H23N5. The van der Waals surface area contributed by atoms with Crippen molar-refractivity contribution in [3.63, 3.8) is 0 Å². The summed E-state index contributed by atoms with van der Waals surface area (Å²) in [7, 11) is 0. The summed E-state index contributed by atoms with van der Waals surface area (Å²) >= 11 is 0. The quantitative estimate of drug-likeness (QED) is 0.696. The molecule has 0 bridgehead atoms. The van der Waals surface area contributed by atoms with Crippen LogP contribution < -0.4 is 10.6 Å². The fourth-order valence-electron chi connectivity index (χ4n) is 3.15. The van der Waals surface area contributed by atoms with Crippen molar-refractivity contribution in [2.45, 2.75) is 39.7 Å². The number of aryl methyl sites for hydroxylation is 3. The Labute approximate surface area is 153 Å². The Hall–Kier alpha value is -2.95. The maximum Gasteiger partial charge on any atom is 0.225 e. The van der Waals surface area contributed by atoms with Crippen LogP contribution in [-0.4, -0.2) is 21.0 Å². The molecule has 1 aliphatic rings. The van der Waals surface area contributed by atoms with Crippen LogP contribution in [0.15, 0.2) is 42.7 Å². The largest absolute Gasteiger partial charge is 0.351 e. The third-order valence-electron chi connectivity index (χ3n) is 4.52. The molecule has 2 heterocycles. The standard InChI is InChI=1S/C21H23N5/c1-13-9-14(2)20(15(3)10-13)25-19-11-18(16-5-4-8-22-12-16)24-21(26-19)23-17-6-7-17/h4-5,8-12,17H,6-7H2,1-3H3,(H2,23,24,25,26). The zero-order chi connectivity index (χ0) is 18.1. The minimum Gasteiger partial charge on any atom is -0.351 e. The highest BCUT2D eigenvalue weighted by Crippen LogP contribution is 2.29. The zero-order valence-electron chi connectivity index (χ0n) is 15.4. The molecule has 0 saturated heterocycles. The molecule has 4 rings (SSSR count). The molecule has 0 unspecified atom stereocenters. The second-order valence-corrected chi connectivity index (χ2v) is 7.02. The average Bonchev–Trinajstić information content (AvgIpc) is 3.43. The Bertz CT molecular complexity index is 909. The molecule has 0 aliphatic heterocycles.